The molecule has 2 aromatic carbocycles. The van der Waals surface area contributed by atoms with Crippen LogP contribution < -0.4 is 0 Å². The predicted octanol–water partition coefficient (Wildman–Crippen LogP) is 5.30. The normalized spacial score (nSPS) is 11.0. The highest BCUT2D eigenvalue weighted by atomic mass is 16.1. The molecule has 0 atom stereocenters. The summed E-state index contributed by atoms with van der Waals surface area (Å²) in [6, 6.07) is 14.6. The quantitative estimate of drug-likeness (QED) is 0.636. The molecule has 0 fully saturated rings. The fraction of sp³-hybridized carbons (Fsp3) is 0.250. The monoisotopic (exact) mass is 291 g/mol. The highest BCUT2D eigenvalue weighted by Gasteiger charge is 2.14. The van der Waals surface area contributed by atoms with Crippen molar-refractivity contribution in [3.63, 3.8) is 0 Å². The summed E-state index contributed by atoms with van der Waals surface area (Å²) in [5.74, 6) is 0. The van der Waals surface area contributed by atoms with Gasteiger partial charge in [-0.2, -0.15) is 0 Å². The van der Waals surface area contributed by atoms with E-state index in [0.29, 0.717) is 0 Å². The van der Waals surface area contributed by atoms with E-state index >= 15 is 0 Å². The first-order valence-corrected chi connectivity index (χ1v) is 7.90. The van der Waals surface area contributed by atoms with Crippen LogP contribution in [-0.4, -0.2) is 11.3 Å². The number of aryl methyl sites for hydroxylation is 2. The maximum absolute atomic E-state index is 11.7. The molecule has 0 spiro atoms. The van der Waals surface area contributed by atoms with E-state index in [1.807, 2.05) is 12.1 Å². The Kier molecular flexibility index (Phi) is 4.10. The van der Waals surface area contributed by atoms with E-state index in [1.165, 1.54) is 24.0 Å². The van der Waals surface area contributed by atoms with Gasteiger partial charge in [-0.25, -0.2) is 0 Å². The van der Waals surface area contributed by atoms with Gasteiger partial charge in [0, 0.05) is 22.0 Å². The van der Waals surface area contributed by atoms with Gasteiger partial charge in [-0.05, 0) is 43.0 Å². The van der Waals surface area contributed by atoms with Gasteiger partial charge >= 0.3 is 0 Å². The van der Waals surface area contributed by atoms with Crippen LogP contribution in [0.3, 0.4) is 0 Å². The summed E-state index contributed by atoms with van der Waals surface area (Å²) in [5, 5.41) is 1.03. The average molecular weight is 291 g/mol. The van der Waals surface area contributed by atoms with Crippen molar-refractivity contribution in [2.45, 2.75) is 33.1 Å². The predicted molar refractivity (Wildman–Crippen MR) is 92.5 cm³/mol. The molecule has 0 saturated carbocycles. The number of hydrogen-bond acceptors (Lipinski definition) is 1. The van der Waals surface area contributed by atoms with Gasteiger partial charge in [0.25, 0.3) is 0 Å². The van der Waals surface area contributed by atoms with Crippen molar-refractivity contribution in [2.75, 3.05) is 0 Å². The molecule has 3 rings (SSSR count). The molecule has 0 radical (unpaired) electrons. The summed E-state index contributed by atoms with van der Waals surface area (Å²) in [4.78, 5) is 15.1. The third kappa shape index (κ3) is 2.57. The van der Waals surface area contributed by atoms with Crippen LogP contribution in [0.1, 0.15) is 41.3 Å². The van der Waals surface area contributed by atoms with Gasteiger partial charge in [0.2, 0.25) is 0 Å². The molecule has 0 saturated heterocycles. The van der Waals surface area contributed by atoms with Crippen LogP contribution in [0.25, 0.3) is 22.2 Å². The van der Waals surface area contributed by atoms with E-state index in [1.54, 1.807) is 0 Å². The minimum atomic E-state index is 0.766. The van der Waals surface area contributed by atoms with Crippen LogP contribution >= 0.6 is 0 Å². The average Bonchev–Trinajstić information content (AvgIpc) is 2.90. The Balaban J connectivity index is 2.16. The number of benzene rings is 2. The Morgan fingerprint density at radius 3 is 2.68 bits per heavy atom. The molecule has 3 aromatic rings. The molecule has 0 aliphatic carbocycles. The Morgan fingerprint density at radius 1 is 1.14 bits per heavy atom. The molecule has 0 amide bonds. The third-order valence-electron chi connectivity index (χ3n) is 4.25. The fourth-order valence-corrected chi connectivity index (χ4v) is 2.98. The summed E-state index contributed by atoms with van der Waals surface area (Å²) in [5.41, 5.74) is 6.28. The van der Waals surface area contributed by atoms with Gasteiger partial charge in [-0.15, -0.1) is 0 Å². The second-order valence-corrected chi connectivity index (χ2v) is 5.83. The molecule has 2 heteroatoms. The number of unbranched alkanes of at least 4 members (excludes halogenated alkanes) is 1. The number of carbonyl (C=O) groups is 1. The van der Waals surface area contributed by atoms with Gasteiger partial charge in [0.15, 0.2) is 6.29 Å². The maximum Gasteiger partial charge on any atom is 0.152 e. The van der Waals surface area contributed by atoms with Crippen LogP contribution in [0.15, 0.2) is 42.5 Å². The molecule has 22 heavy (non-hydrogen) atoms. The van der Waals surface area contributed by atoms with Gasteiger partial charge in [0.1, 0.15) is 0 Å². The number of carbonyl (C=O) groups excluding carboxylic acids is 1. The number of aromatic amines is 1. The number of fused-ring (bicyclic) bond motifs is 1. The van der Waals surface area contributed by atoms with Crippen LogP contribution in [0.4, 0.5) is 0 Å². The van der Waals surface area contributed by atoms with Crippen molar-refractivity contribution in [1.82, 2.24) is 4.98 Å². The van der Waals surface area contributed by atoms with E-state index in [-0.39, 0.29) is 0 Å². The minimum Gasteiger partial charge on any atom is -0.354 e. The van der Waals surface area contributed by atoms with Crippen LogP contribution in [-0.2, 0) is 6.42 Å². The molecule has 0 aliphatic heterocycles. The van der Waals surface area contributed by atoms with Gasteiger partial charge in [-0.3, -0.25) is 4.79 Å². The summed E-state index contributed by atoms with van der Waals surface area (Å²) >= 11 is 0. The summed E-state index contributed by atoms with van der Waals surface area (Å²) < 4.78 is 0. The Labute approximate surface area is 131 Å². The zero-order valence-corrected chi connectivity index (χ0v) is 13.1. The van der Waals surface area contributed by atoms with Crippen molar-refractivity contribution in [3.8, 4) is 11.3 Å². The second kappa shape index (κ2) is 6.18. The van der Waals surface area contributed by atoms with E-state index in [0.717, 1.165) is 40.4 Å². The standard InChI is InChI=1S/C20H21NO/c1-3-4-8-15-10-11-19-17(12-15)18(13-22)20(21-19)16-9-6-5-7-14(16)2/h5-7,9-13,21H,3-4,8H2,1-2H3. The van der Waals surface area contributed by atoms with Crippen LogP contribution in [0, 0.1) is 6.92 Å². The third-order valence-corrected chi connectivity index (χ3v) is 4.25. The van der Waals surface area contributed by atoms with Crippen molar-refractivity contribution in [3.05, 3.63) is 59.2 Å². The SMILES string of the molecule is CCCCc1ccc2[nH]c(-c3ccccc3C)c(C=O)c2c1. The lowest BCUT2D eigenvalue weighted by atomic mass is 10.0. The zero-order chi connectivity index (χ0) is 15.5. The highest BCUT2D eigenvalue weighted by molar-refractivity contribution is 6.04. The van der Waals surface area contributed by atoms with Crippen molar-refractivity contribution < 1.29 is 4.79 Å². The molecule has 1 aromatic heterocycles. The van der Waals surface area contributed by atoms with Crippen LogP contribution in [0.5, 0.6) is 0 Å². The van der Waals surface area contributed by atoms with Gasteiger partial charge in [-0.1, -0.05) is 43.7 Å². The summed E-state index contributed by atoms with van der Waals surface area (Å²) in [6.07, 6.45) is 4.40. The molecule has 0 bridgehead atoms. The first-order valence-electron chi connectivity index (χ1n) is 7.90. The molecular weight excluding hydrogens is 270 g/mol. The van der Waals surface area contributed by atoms with Crippen molar-refractivity contribution in [2.24, 2.45) is 0 Å². The lowest BCUT2D eigenvalue weighted by molar-refractivity contribution is 0.112. The van der Waals surface area contributed by atoms with E-state index in [4.69, 9.17) is 0 Å². The fourth-order valence-electron chi connectivity index (χ4n) is 2.98. The molecule has 0 aliphatic rings. The second-order valence-electron chi connectivity index (χ2n) is 5.83. The van der Waals surface area contributed by atoms with E-state index < -0.39 is 0 Å². The number of aldehydes is 1. The minimum absolute atomic E-state index is 0.766. The lowest BCUT2D eigenvalue weighted by Crippen LogP contribution is -1.88. The first-order chi connectivity index (χ1) is 10.7. The smallest absolute Gasteiger partial charge is 0.152 e. The molecule has 0 unspecified atom stereocenters. The van der Waals surface area contributed by atoms with E-state index in [2.05, 4.69) is 49.2 Å². The lowest BCUT2D eigenvalue weighted by Gasteiger charge is -2.04. The molecule has 2 nitrogen and oxygen atoms in total. The summed E-state index contributed by atoms with van der Waals surface area (Å²) in [6.45, 7) is 4.27. The molecule has 112 valence electrons. The highest BCUT2D eigenvalue weighted by Crippen LogP contribution is 2.31. The van der Waals surface area contributed by atoms with Crippen molar-refractivity contribution >= 4 is 17.2 Å². The largest absolute Gasteiger partial charge is 0.354 e. The van der Waals surface area contributed by atoms with Crippen molar-refractivity contribution in [1.29, 1.82) is 0 Å². The number of rotatable bonds is 5. The first kappa shape index (κ1) is 14.6. The van der Waals surface area contributed by atoms with Crippen LogP contribution in [0.2, 0.25) is 0 Å². The zero-order valence-electron chi connectivity index (χ0n) is 13.1. The molecular formula is C20H21NO. The van der Waals surface area contributed by atoms with Gasteiger partial charge < -0.3 is 4.98 Å². The Hall–Kier alpha value is -2.35. The molecule has 1 N–H and O–H groups in total. The number of nitrogens with one attached hydrogen (secondary N) is 1. The number of H-pyrrole nitrogens is 1. The maximum atomic E-state index is 11.7. The Bertz CT molecular complexity index is 814. The summed E-state index contributed by atoms with van der Waals surface area (Å²) in [7, 11) is 0. The number of aromatic nitrogens is 1. The van der Waals surface area contributed by atoms with E-state index in [9.17, 15) is 4.79 Å². The number of hydrogen-bond donors (Lipinski definition) is 1. The Morgan fingerprint density at radius 2 is 1.95 bits per heavy atom. The molecule has 1 heterocycles. The topological polar surface area (TPSA) is 32.9 Å². The van der Waals surface area contributed by atoms with Gasteiger partial charge in [0.05, 0.1) is 5.69 Å².